The van der Waals surface area contributed by atoms with Gasteiger partial charge in [-0.05, 0) is 75.9 Å². The van der Waals surface area contributed by atoms with Gasteiger partial charge in [-0.15, -0.1) is 0 Å². The first-order chi connectivity index (χ1) is 21.0. The highest BCUT2D eigenvalue weighted by Crippen LogP contribution is 2.48. The molecule has 0 radical (unpaired) electrons. The van der Waals surface area contributed by atoms with Crippen molar-refractivity contribution in [2.24, 2.45) is 5.92 Å². The van der Waals surface area contributed by atoms with Crippen molar-refractivity contribution in [3.63, 3.8) is 0 Å². The number of methoxy groups -OCH3 is 1. The Labute approximate surface area is 252 Å². The summed E-state index contributed by atoms with van der Waals surface area (Å²) in [5.74, 6) is 1.23. The van der Waals surface area contributed by atoms with Crippen molar-refractivity contribution >= 4 is 28.4 Å². The van der Waals surface area contributed by atoms with Crippen molar-refractivity contribution in [3.8, 4) is 17.0 Å². The number of amides is 1. The standard InChI is InChI=1S/C33H40N8O2/c1-39-14-10-23(11-15-39)40-16-12-24(13-17-40)41-32-29(31(34)35-20-36-32)30(38-41)22-8-9-27(28(18-22)43-2)37-33(42)26-19-25(26)21-6-4-3-5-7-21/h3-9,18,20,23-26H,10-17,19H2,1-2H3,(H,37,42)(H2,34,35,36). The molecule has 3 aliphatic rings. The second kappa shape index (κ2) is 11.6. The number of aromatic nitrogens is 4. The molecule has 1 saturated carbocycles. The van der Waals surface area contributed by atoms with Gasteiger partial charge in [0.05, 0.1) is 24.2 Å². The Bertz CT molecular complexity index is 1610. The highest BCUT2D eigenvalue weighted by Gasteiger charge is 2.44. The first kappa shape index (κ1) is 27.8. The first-order valence-electron chi connectivity index (χ1n) is 15.5. The maximum atomic E-state index is 13.1. The zero-order chi connectivity index (χ0) is 29.5. The number of carbonyl (C=O) groups excluding carboxylic acids is 1. The number of nitrogens with one attached hydrogen (secondary N) is 1. The summed E-state index contributed by atoms with van der Waals surface area (Å²) in [5, 5.41) is 8.95. The number of rotatable bonds is 7. The summed E-state index contributed by atoms with van der Waals surface area (Å²) in [5.41, 5.74) is 10.6. The van der Waals surface area contributed by atoms with Crippen LogP contribution >= 0.6 is 0 Å². The summed E-state index contributed by atoms with van der Waals surface area (Å²) in [6.45, 7) is 4.47. The first-order valence-corrected chi connectivity index (χ1v) is 15.5. The van der Waals surface area contributed by atoms with Crippen LogP contribution in [0.15, 0.2) is 54.9 Å². The van der Waals surface area contributed by atoms with Crippen molar-refractivity contribution in [1.29, 1.82) is 0 Å². The fraction of sp³-hybridized carbons (Fsp3) is 0.455. The third-order valence-corrected chi connectivity index (χ3v) is 9.66. The van der Waals surface area contributed by atoms with Gasteiger partial charge in [-0.2, -0.15) is 5.10 Å². The van der Waals surface area contributed by atoms with Crippen LogP contribution < -0.4 is 15.8 Å². The molecule has 7 rings (SSSR count). The van der Waals surface area contributed by atoms with Crippen molar-refractivity contribution in [2.45, 2.75) is 50.1 Å². The van der Waals surface area contributed by atoms with E-state index < -0.39 is 0 Å². The Morgan fingerprint density at radius 2 is 1.72 bits per heavy atom. The minimum atomic E-state index is -0.0331. The number of nitrogens with two attached hydrogens (primary N) is 1. The smallest absolute Gasteiger partial charge is 0.228 e. The summed E-state index contributed by atoms with van der Waals surface area (Å²) in [6.07, 6.45) is 6.90. The van der Waals surface area contributed by atoms with E-state index in [1.807, 2.05) is 36.4 Å². The number of hydrogen-bond donors (Lipinski definition) is 2. The molecule has 0 spiro atoms. The maximum absolute atomic E-state index is 13.1. The highest BCUT2D eigenvalue weighted by molar-refractivity contribution is 6.00. The predicted molar refractivity (Wildman–Crippen MR) is 168 cm³/mol. The van der Waals surface area contributed by atoms with E-state index in [2.05, 4.69) is 48.9 Å². The lowest BCUT2D eigenvalue weighted by Gasteiger charge is -2.41. The fourth-order valence-electron chi connectivity index (χ4n) is 7.03. The van der Waals surface area contributed by atoms with Gasteiger partial charge in [0, 0.05) is 30.6 Å². The molecule has 10 nitrogen and oxygen atoms in total. The zero-order valence-electron chi connectivity index (χ0n) is 24.9. The third-order valence-electron chi connectivity index (χ3n) is 9.66. The molecule has 2 aromatic carbocycles. The number of nitrogens with zero attached hydrogens (tertiary/aromatic N) is 6. The Morgan fingerprint density at radius 3 is 2.47 bits per heavy atom. The maximum Gasteiger partial charge on any atom is 0.228 e. The lowest BCUT2D eigenvalue weighted by molar-refractivity contribution is -0.117. The number of anilines is 2. The molecule has 4 heterocycles. The van der Waals surface area contributed by atoms with Gasteiger partial charge < -0.3 is 25.6 Å². The molecule has 10 heteroatoms. The van der Waals surface area contributed by atoms with Crippen LogP contribution in [0.25, 0.3) is 22.3 Å². The molecule has 2 saturated heterocycles. The van der Waals surface area contributed by atoms with Crippen molar-refractivity contribution in [1.82, 2.24) is 29.5 Å². The van der Waals surface area contributed by atoms with Gasteiger partial charge in [0.15, 0.2) is 5.65 Å². The summed E-state index contributed by atoms with van der Waals surface area (Å²) < 4.78 is 7.80. The van der Waals surface area contributed by atoms with Gasteiger partial charge in [0.25, 0.3) is 0 Å². The van der Waals surface area contributed by atoms with E-state index in [1.54, 1.807) is 7.11 Å². The molecule has 2 unspecified atom stereocenters. The van der Waals surface area contributed by atoms with Gasteiger partial charge in [-0.25, -0.2) is 14.6 Å². The lowest BCUT2D eigenvalue weighted by Crippen LogP contribution is -2.47. The number of fused-ring (bicyclic) bond motifs is 1. The Balaban J connectivity index is 1.11. The van der Waals surface area contributed by atoms with E-state index in [9.17, 15) is 4.79 Å². The van der Waals surface area contributed by atoms with E-state index in [4.69, 9.17) is 15.6 Å². The van der Waals surface area contributed by atoms with Gasteiger partial charge in [-0.1, -0.05) is 36.4 Å². The number of hydrogen-bond acceptors (Lipinski definition) is 8. The monoisotopic (exact) mass is 580 g/mol. The van der Waals surface area contributed by atoms with Crippen molar-refractivity contribution in [3.05, 3.63) is 60.4 Å². The average Bonchev–Trinajstić information content (AvgIpc) is 3.76. The van der Waals surface area contributed by atoms with Crippen LogP contribution in [0.3, 0.4) is 0 Å². The number of ether oxygens (including phenoxy) is 1. The number of carbonyl (C=O) groups is 1. The Hall–Kier alpha value is -4.02. The van der Waals surface area contributed by atoms with E-state index in [-0.39, 0.29) is 23.8 Å². The molecule has 2 aliphatic heterocycles. The molecule has 2 aromatic heterocycles. The van der Waals surface area contributed by atoms with Crippen LogP contribution in [0, 0.1) is 5.92 Å². The average molecular weight is 581 g/mol. The minimum absolute atomic E-state index is 0.0128. The second-order valence-electron chi connectivity index (χ2n) is 12.3. The lowest BCUT2D eigenvalue weighted by atomic mass is 9.98. The number of benzene rings is 2. The zero-order valence-corrected chi connectivity index (χ0v) is 24.9. The van der Waals surface area contributed by atoms with Crippen molar-refractivity contribution < 1.29 is 9.53 Å². The SMILES string of the molecule is COc1cc(-c2nn(C3CCN(C4CCN(C)CC4)CC3)c3ncnc(N)c23)ccc1NC(=O)C1CC1c1ccccc1. The molecular weight excluding hydrogens is 540 g/mol. The molecule has 3 fully saturated rings. The van der Waals surface area contributed by atoms with Crippen LogP contribution in [-0.4, -0.2) is 81.8 Å². The molecule has 43 heavy (non-hydrogen) atoms. The van der Waals surface area contributed by atoms with E-state index in [0.717, 1.165) is 54.6 Å². The van der Waals surface area contributed by atoms with E-state index in [0.29, 0.717) is 23.3 Å². The molecular formula is C33H40N8O2. The van der Waals surface area contributed by atoms with Crippen LogP contribution in [0.2, 0.25) is 0 Å². The summed E-state index contributed by atoms with van der Waals surface area (Å²) in [6, 6.07) is 16.9. The minimum Gasteiger partial charge on any atom is -0.495 e. The fourth-order valence-corrected chi connectivity index (χ4v) is 7.03. The molecule has 0 bridgehead atoms. The largest absolute Gasteiger partial charge is 0.495 e. The Morgan fingerprint density at radius 1 is 0.977 bits per heavy atom. The van der Waals surface area contributed by atoms with Crippen LogP contribution in [-0.2, 0) is 4.79 Å². The quantitative estimate of drug-likeness (QED) is 0.327. The molecule has 4 aromatic rings. The normalized spacial score (nSPS) is 22.1. The molecule has 224 valence electrons. The topological polar surface area (TPSA) is 114 Å². The summed E-state index contributed by atoms with van der Waals surface area (Å²) in [4.78, 5) is 27.1. The Kier molecular flexibility index (Phi) is 7.48. The van der Waals surface area contributed by atoms with Gasteiger partial charge in [0.2, 0.25) is 5.91 Å². The highest BCUT2D eigenvalue weighted by atomic mass is 16.5. The van der Waals surface area contributed by atoms with Crippen LogP contribution in [0.5, 0.6) is 5.75 Å². The number of nitrogen functional groups attached to an aromatic ring is 1. The third kappa shape index (κ3) is 5.45. The van der Waals surface area contributed by atoms with Crippen LogP contribution in [0.4, 0.5) is 11.5 Å². The van der Waals surface area contributed by atoms with Gasteiger partial charge >= 0.3 is 0 Å². The number of likely N-dealkylation sites (tertiary alicyclic amines) is 2. The predicted octanol–water partition coefficient (Wildman–Crippen LogP) is 4.56. The molecule has 1 amide bonds. The second-order valence-corrected chi connectivity index (χ2v) is 12.3. The number of piperidine rings is 2. The summed E-state index contributed by atoms with van der Waals surface area (Å²) >= 11 is 0. The van der Waals surface area contributed by atoms with Gasteiger partial charge in [-0.3, -0.25) is 4.79 Å². The van der Waals surface area contributed by atoms with E-state index in [1.165, 1.54) is 37.8 Å². The molecule has 3 N–H and O–H groups in total. The molecule has 2 atom stereocenters. The van der Waals surface area contributed by atoms with Crippen molar-refractivity contribution in [2.75, 3.05) is 51.4 Å². The van der Waals surface area contributed by atoms with Gasteiger partial charge in [0.1, 0.15) is 23.6 Å². The summed E-state index contributed by atoms with van der Waals surface area (Å²) in [7, 11) is 3.83. The van der Waals surface area contributed by atoms with Crippen LogP contribution in [0.1, 0.15) is 49.6 Å². The molecule has 1 aliphatic carbocycles. The van der Waals surface area contributed by atoms with E-state index >= 15 is 0 Å².